The molecular weight excluding hydrogens is 262 g/mol. The van der Waals surface area contributed by atoms with E-state index in [1.165, 1.54) is 0 Å². The molecule has 0 heterocycles. The molecule has 0 spiro atoms. The number of benzene rings is 1. The zero-order valence-corrected chi connectivity index (χ0v) is 10.1. The number of nitro benzene ring substituents is 1. The highest BCUT2D eigenvalue weighted by atomic mass is 19.1. The Morgan fingerprint density at radius 2 is 2.00 bits per heavy atom. The topological polar surface area (TPSA) is 95.6 Å². The van der Waals surface area contributed by atoms with Crippen LogP contribution in [-0.2, 0) is 0 Å². The van der Waals surface area contributed by atoms with E-state index in [1.807, 2.05) is 0 Å². The lowest BCUT2D eigenvalue weighted by molar-refractivity contribution is -0.387. The number of nitro groups is 1. The van der Waals surface area contributed by atoms with Crippen molar-refractivity contribution in [1.29, 1.82) is 0 Å². The van der Waals surface area contributed by atoms with Crippen LogP contribution >= 0.6 is 0 Å². The molecule has 3 N–H and O–H groups in total. The van der Waals surface area contributed by atoms with Gasteiger partial charge in [0.1, 0.15) is 11.9 Å². The van der Waals surface area contributed by atoms with E-state index in [0.29, 0.717) is 18.7 Å². The van der Waals surface area contributed by atoms with Crippen molar-refractivity contribution in [2.75, 3.05) is 13.6 Å². The van der Waals surface area contributed by atoms with Gasteiger partial charge < -0.3 is 15.5 Å². The Hall–Kier alpha value is -1.64. The molecule has 19 heavy (non-hydrogen) atoms. The fourth-order valence-corrected chi connectivity index (χ4v) is 1.58. The summed E-state index contributed by atoms with van der Waals surface area (Å²) in [6, 6.07) is 0.916. The maximum absolute atomic E-state index is 13.5. The SMILES string of the molecule is CNCCC(O)C(O)c1cc([N+](=O)[O-])c(F)cc1F. The van der Waals surface area contributed by atoms with E-state index >= 15 is 0 Å². The molecule has 0 aliphatic rings. The summed E-state index contributed by atoms with van der Waals surface area (Å²) in [4.78, 5) is 9.52. The van der Waals surface area contributed by atoms with Crippen LogP contribution in [0.3, 0.4) is 0 Å². The van der Waals surface area contributed by atoms with Crippen LogP contribution in [0.2, 0.25) is 0 Å². The van der Waals surface area contributed by atoms with Gasteiger partial charge in [-0.1, -0.05) is 0 Å². The number of nitrogens with zero attached hydrogens (tertiary/aromatic N) is 1. The lowest BCUT2D eigenvalue weighted by Gasteiger charge is -2.18. The number of rotatable bonds is 6. The van der Waals surface area contributed by atoms with Gasteiger partial charge in [0.15, 0.2) is 0 Å². The molecule has 0 aliphatic heterocycles. The molecule has 0 aliphatic carbocycles. The molecule has 1 rings (SSSR count). The molecule has 106 valence electrons. The lowest BCUT2D eigenvalue weighted by atomic mass is 10.0. The molecule has 0 fully saturated rings. The summed E-state index contributed by atoms with van der Waals surface area (Å²) in [7, 11) is 1.63. The van der Waals surface area contributed by atoms with Crippen LogP contribution in [-0.4, -0.2) is 34.8 Å². The minimum Gasteiger partial charge on any atom is -0.390 e. The van der Waals surface area contributed by atoms with E-state index in [9.17, 15) is 29.1 Å². The first-order chi connectivity index (χ1) is 8.88. The molecule has 0 saturated heterocycles. The number of halogens is 2. The quantitative estimate of drug-likeness (QED) is 0.529. The maximum Gasteiger partial charge on any atom is 0.305 e. The summed E-state index contributed by atoms with van der Waals surface area (Å²) in [6.45, 7) is 0.364. The van der Waals surface area contributed by atoms with E-state index < -0.39 is 40.0 Å². The second kappa shape index (κ2) is 6.50. The van der Waals surface area contributed by atoms with Crippen LogP contribution in [0.1, 0.15) is 18.1 Å². The van der Waals surface area contributed by atoms with Gasteiger partial charge in [0.2, 0.25) is 5.82 Å². The Balaban J connectivity index is 3.05. The van der Waals surface area contributed by atoms with E-state index in [4.69, 9.17) is 0 Å². The Kier molecular flexibility index (Phi) is 5.28. The number of aliphatic hydroxyl groups is 2. The summed E-state index contributed by atoms with van der Waals surface area (Å²) in [6.07, 6.45) is -2.86. The minimum atomic E-state index is -1.66. The van der Waals surface area contributed by atoms with Gasteiger partial charge in [0.05, 0.1) is 11.0 Å². The predicted molar refractivity (Wildman–Crippen MR) is 62.5 cm³/mol. The highest BCUT2D eigenvalue weighted by Gasteiger charge is 2.26. The van der Waals surface area contributed by atoms with Gasteiger partial charge in [-0.25, -0.2) is 4.39 Å². The molecule has 0 bridgehead atoms. The monoisotopic (exact) mass is 276 g/mol. The highest BCUT2D eigenvalue weighted by Crippen LogP contribution is 2.28. The maximum atomic E-state index is 13.5. The Bertz CT molecular complexity index is 470. The van der Waals surface area contributed by atoms with Gasteiger partial charge in [0.25, 0.3) is 0 Å². The summed E-state index contributed by atoms with van der Waals surface area (Å²) >= 11 is 0. The van der Waals surface area contributed by atoms with Crippen LogP contribution in [0, 0.1) is 21.7 Å². The molecule has 1 aromatic carbocycles. The van der Waals surface area contributed by atoms with Crippen molar-refractivity contribution in [3.63, 3.8) is 0 Å². The number of hydrogen-bond donors (Lipinski definition) is 3. The van der Waals surface area contributed by atoms with Gasteiger partial charge in [-0.15, -0.1) is 0 Å². The number of nitrogens with one attached hydrogen (secondary N) is 1. The van der Waals surface area contributed by atoms with Crippen molar-refractivity contribution < 1.29 is 23.9 Å². The molecule has 0 aromatic heterocycles. The zero-order chi connectivity index (χ0) is 14.6. The zero-order valence-electron chi connectivity index (χ0n) is 10.1. The average molecular weight is 276 g/mol. The molecule has 2 unspecified atom stereocenters. The first-order valence-corrected chi connectivity index (χ1v) is 5.52. The van der Waals surface area contributed by atoms with Gasteiger partial charge >= 0.3 is 5.69 Å². The minimum absolute atomic E-state index is 0.113. The largest absolute Gasteiger partial charge is 0.390 e. The van der Waals surface area contributed by atoms with Crippen LogP contribution in [0.5, 0.6) is 0 Å². The number of aliphatic hydroxyl groups excluding tert-OH is 2. The molecule has 0 amide bonds. The number of hydrogen-bond acceptors (Lipinski definition) is 5. The molecule has 2 atom stereocenters. The van der Waals surface area contributed by atoms with Gasteiger partial charge in [-0.05, 0) is 20.0 Å². The van der Waals surface area contributed by atoms with Crippen molar-refractivity contribution >= 4 is 5.69 Å². The third-order valence-electron chi connectivity index (χ3n) is 2.64. The summed E-state index contributed by atoms with van der Waals surface area (Å²) < 4.78 is 26.6. The van der Waals surface area contributed by atoms with E-state index in [2.05, 4.69) is 5.32 Å². The second-order valence-electron chi connectivity index (χ2n) is 3.99. The molecule has 1 aromatic rings. The fraction of sp³-hybridized carbons (Fsp3) is 0.455. The first-order valence-electron chi connectivity index (χ1n) is 5.52. The third kappa shape index (κ3) is 3.66. The van der Waals surface area contributed by atoms with Crippen LogP contribution < -0.4 is 5.32 Å². The normalized spacial score (nSPS) is 14.2. The Morgan fingerprint density at radius 3 is 2.53 bits per heavy atom. The van der Waals surface area contributed by atoms with Crippen molar-refractivity contribution in [2.24, 2.45) is 0 Å². The van der Waals surface area contributed by atoms with E-state index in [0.717, 1.165) is 0 Å². The van der Waals surface area contributed by atoms with Gasteiger partial charge in [0, 0.05) is 17.7 Å². The van der Waals surface area contributed by atoms with Crippen LogP contribution in [0.4, 0.5) is 14.5 Å². The third-order valence-corrected chi connectivity index (χ3v) is 2.64. The first kappa shape index (κ1) is 15.4. The highest BCUT2D eigenvalue weighted by molar-refractivity contribution is 5.38. The Labute approximate surface area is 107 Å². The fourth-order valence-electron chi connectivity index (χ4n) is 1.58. The van der Waals surface area contributed by atoms with Crippen molar-refractivity contribution in [3.8, 4) is 0 Å². The molecule has 0 radical (unpaired) electrons. The summed E-state index contributed by atoms with van der Waals surface area (Å²) in [5.41, 5.74) is -1.45. The van der Waals surface area contributed by atoms with Crippen molar-refractivity contribution in [2.45, 2.75) is 18.6 Å². The van der Waals surface area contributed by atoms with E-state index in [1.54, 1.807) is 7.05 Å². The summed E-state index contributed by atoms with van der Waals surface area (Å²) in [5.74, 6) is -2.47. The van der Waals surface area contributed by atoms with Gasteiger partial charge in [-0.3, -0.25) is 10.1 Å². The van der Waals surface area contributed by atoms with E-state index in [-0.39, 0.29) is 6.42 Å². The smallest absolute Gasteiger partial charge is 0.305 e. The molecular formula is C11H14F2N2O4. The predicted octanol–water partition coefficient (Wildman–Crippen LogP) is 0.877. The molecule has 8 heteroatoms. The Morgan fingerprint density at radius 1 is 1.37 bits per heavy atom. The lowest BCUT2D eigenvalue weighted by Crippen LogP contribution is -2.24. The van der Waals surface area contributed by atoms with Crippen LogP contribution in [0.15, 0.2) is 12.1 Å². The van der Waals surface area contributed by atoms with Gasteiger partial charge in [-0.2, -0.15) is 4.39 Å². The standard InChI is InChI=1S/C11H14F2N2O4/c1-14-3-2-10(16)11(17)6-4-9(15(18)19)8(13)5-7(6)12/h4-5,10-11,14,16-17H,2-3H2,1H3. The van der Waals surface area contributed by atoms with Crippen molar-refractivity contribution in [1.82, 2.24) is 5.32 Å². The second-order valence-corrected chi connectivity index (χ2v) is 3.99. The molecule has 0 saturated carbocycles. The average Bonchev–Trinajstić information content (AvgIpc) is 2.34. The molecule has 6 nitrogen and oxygen atoms in total. The van der Waals surface area contributed by atoms with Crippen LogP contribution in [0.25, 0.3) is 0 Å². The summed E-state index contributed by atoms with van der Waals surface area (Å²) in [5, 5.41) is 32.6. The van der Waals surface area contributed by atoms with Crippen molar-refractivity contribution in [3.05, 3.63) is 39.4 Å².